The Morgan fingerprint density at radius 1 is 1.15 bits per heavy atom. The van der Waals surface area contributed by atoms with Crippen LogP contribution >= 0.6 is 0 Å². The fraction of sp³-hybridized carbons (Fsp3) is 0.500. The van der Waals surface area contributed by atoms with Crippen LogP contribution in [-0.4, -0.2) is 41.0 Å². The lowest BCUT2D eigenvalue weighted by Gasteiger charge is -2.26. The van der Waals surface area contributed by atoms with E-state index in [4.69, 9.17) is 0 Å². The number of alkyl halides is 3. The van der Waals surface area contributed by atoms with Crippen LogP contribution in [-0.2, 0) is 20.9 Å². The van der Waals surface area contributed by atoms with Crippen molar-refractivity contribution in [1.29, 1.82) is 0 Å². The Kier molecular flexibility index (Phi) is 7.38. The first-order valence-electron chi connectivity index (χ1n) is 8.39. The van der Waals surface area contributed by atoms with E-state index < -0.39 is 29.4 Å². The molecule has 0 heterocycles. The Bertz CT molecular complexity index is 700. The summed E-state index contributed by atoms with van der Waals surface area (Å²) in [5, 5.41) is 12.0. The van der Waals surface area contributed by atoms with E-state index in [1.54, 1.807) is 13.8 Å². The zero-order valence-electron chi connectivity index (χ0n) is 15.4. The monoisotopic (exact) mass is 388 g/mol. The molecule has 1 aromatic rings. The Morgan fingerprint density at radius 2 is 1.74 bits per heavy atom. The molecule has 1 aromatic carbocycles. The number of carbonyl (C=O) groups excluding carboxylic acids is 2. The number of halogens is 3. The van der Waals surface area contributed by atoms with Gasteiger partial charge in [-0.15, -0.1) is 0 Å². The van der Waals surface area contributed by atoms with E-state index in [-0.39, 0.29) is 25.8 Å². The minimum absolute atomic E-state index is 0.216. The van der Waals surface area contributed by atoms with Crippen molar-refractivity contribution in [3.8, 4) is 0 Å². The molecular weight excluding hydrogens is 365 g/mol. The van der Waals surface area contributed by atoms with Gasteiger partial charge in [0.2, 0.25) is 5.91 Å². The van der Waals surface area contributed by atoms with E-state index in [0.29, 0.717) is 16.2 Å². The average Bonchev–Trinajstić information content (AvgIpc) is 2.58. The van der Waals surface area contributed by atoms with E-state index in [1.807, 2.05) is 0 Å². The number of nitrogens with one attached hydrogen (secondary N) is 1. The Morgan fingerprint density at radius 3 is 2.22 bits per heavy atom. The van der Waals surface area contributed by atoms with E-state index in [1.165, 1.54) is 24.3 Å². The lowest BCUT2D eigenvalue weighted by Crippen LogP contribution is -2.37. The van der Waals surface area contributed by atoms with Crippen LogP contribution in [0.25, 0.3) is 0 Å². The lowest BCUT2D eigenvalue weighted by molar-refractivity contribution is -0.184. The molecule has 0 unspecified atom stereocenters. The number of rotatable bonds is 8. The molecule has 0 saturated carbocycles. The number of amides is 2. The second-order valence-corrected chi connectivity index (χ2v) is 6.38. The summed E-state index contributed by atoms with van der Waals surface area (Å²) in [5.74, 6) is -3.52. The summed E-state index contributed by atoms with van der Waals surface area (Å²) in [6.45, 7) is 3.10. The van der Waals surface area contributed by atoms with Crippen LogP contribution in [0.4, 0.5) is 18.9 Å². The van der Waals surface area contributed by atoms with Gasteiger partial charge in [0.25, 0.3) is 0 Å². The standard InChI is InChI=1S/C18H23F3N2O4/c1-4-17(5-2,16(26)27)10-14(24)22-13-8-6-7-12(9-13)11-23(3)15(25)18(19,20)21/h6-9H,4-5,10-11H2,1-3H3,(H,22,24)(H,26,27). The Hall–Kier alpha value is -2.58. The van der Waals surface area contributed by atoms with Gasteiger partial charge in [0.1, 0.15) is 0 Å². The summed E-state index contributed by atoms with van der Waals surface area (Å²) in [5.41, 5.74) is -0.457. The van der Waals surface area contributed by atoms with Gasteiger partial charge in [0.05, 0.1) is 5.41 Å². The maximum absolute atomic E-state index is 12.4. The molecule has 1 rings (SSSR count). The number of anilines is 1. The van der Waals surface area contributed by atoms with Gasteiger partial charge in [0, 0.05) is 25.7 Å². The molecular formula is C18H23F3N2O4. The number of nitrogens with zero attached hydrogens (tertiary/aromatic N) is 1. The molecule has 0 atom stereocenters. The van der Waals surface area contributed by atoms with E-state index in [0.717, 1.165) is 7.05 Å². The van der Waals surface area contributed by atoms with Crippen LogP contribution in [0.2, 0.25) is 0 Å². The Labute approximate surface area is 155 Å². The van der Waals surface area contributed by atoms with Gasteiger partial charge in [-0.05, 0) is 30.5 Å². The number of carboxylic acid groups (broad SMARTS) is 1. The highest BCUT2D eigenvalue weighted by atomic mass is 19.4. The number of benzene rings is 1. The largest absolute Gasteiger partial charge is 0.481 e. The molecule has 2 amide bonds. The molecule has 6 nitrogen and oxygen atoms in total. The van der Waals surface area contributed by atoms with Crippen molar-refractivity contribution in [3.05, 3.63) is 29.8 Å². The smallest absolute Gasteiger partial charge is 0.471 e. The highest BCUT2D eigenvalue weighted by molar-refractivity contribution is 5.94. The van der Waals surface area contributed by atoms with Gasteiger partial charge in [-0.3, -0.25) is 14.4 Å². The number of carbonyl (C=O) groups is 3. The SMILES string of the molecule is CCC(CC)(CC(=O)Nc1cccc(CN(C)C(=O)C(F)(F)F)c1)C(=O)O. The van der Waals surface area contributed by atoms with Crippen molar-refractivity contribution in [1.82, 2.24) is 4.90 Å². The first kappa shape index (κ1) is 22.5. The lowest BCUT2D eigenvalue weighted by atomic mass is 9.79. The molecule has 0 bridgehead atoms. The number of aliphatic carboxylic acids is 1. The Balaban J connectivity index is 2.84. The molecule has 0 spiro atoms. The van der Waals surface area contributed by atoms with E-state index in [2.05, 4.69) is 5.32 Å². The van der Waals surface area contributed by atoms with Gasteiger partial charge in [0.15, 0.2) is 0 Å². The molecule has 9 heteroatoms. The molecule has 2 N–H and O–H groups in total. The van der Waals surface area contributed by atoms with Gasteiger partial charge >= 0.3 is 18.1 Å². The van der Waals surface area contributed by atoms with Gasteiger partial charge in [-0.25, -0.2) is 0 Å². The molecule has 0 aromatic heterocycles. The maximum Gasteiger partial charge on any atom is 0.471 e. The number of hydrogen-bond donors (Lipinski definition) is 2. The highest BCUT2D eigenvalue weighted by Gasteiger charge is 2.41. The summed E-state index contributed by atoms with van der Waals surface area (Å²) >= 11 is 0. The fourth-order valence-corrected chi connectivity index (χ4v) is 2.70. The van der Waals surface area contributed by atoms with Crippen LogP contribution in [0, 0.1) is 5.41 Å². The third-order valence-corrected chi connectivity index (χ3v) is 4.53. The van der Waals surface area contributed by atoms with Crippen LogP contribution in [0.15, 0.2) is 24.3 Å². The van der Waals surface area contributed by atoms with Gasteiger partial charge in [-0.1, -0.05) is 26.0 Å². The summed E-state index contributed by atoms with van der Waals surface area (Å²) < 4.78 is 37.3. The quantitative estimate of drug-likeness (QED) is 0.714. The van der Waals surface area contributed by atoms with Crippen molar-refractivity contribution in [2.75, 3.05) is 12.4 Å². The third kappa shape index (κ3) is 5.97. The predicted octanol–water partition coefficient (Wildman–Crippen LogP) is 3.43. The number of carboxylic acids is 1. The minimum atomic E-state index is -4.96. The second-order valence-electron chi connectivity index (χ2n) is 6.38. The molecule has 0 radical (unpaired) electrons. The van der Waals surface area contributed by atoms with Crippen molar-refractivity contribution in [2.45, 2.75) is 45.8 Å². The van der Waals surface area contributed by atoms with Crippen LogP contribution in [0.3, 0.4) is 0 Å². The highest BCUT2D eigenvalue weighted by Crippen LogP contribution is 2.31. The minimum Gasteiger partial charge on any atom is -0.481 e. The first-order chi connectivity index (χ1) is 12.4. The molecule has 0 saturated heterocycles. The predicted molar refractivity (Wildman–Crippen MR) is 92.9 cm³/mol. The van der Waals surface area contributed by atoms with Crippen LogP contribution in [0.1, 0.15) is 38.7 Å². The summed E-state index contributed by atoms with van der Waals surface area (Å²) in [6.07, 6.45) is -4.60. The third-order valence-electron chi connectivity index (χ3n) is 4.53. The summed E-state index contributed by atoms with van der Waals surface area (Å²) in [6, 6.07) is 6.03. The number of hydrogen-bond acceptors (Lipinski definition) is 3. The summed E-state index contributed by atoms with van der Waals surface area (Å²) in [4.78, 5) is 35.4. The van der Waals surface area contributed by atoms with Crippen LogP contribution < -0.4 is 5.32 Å². The van der Waals surface area contributed by atoms with Crippen LogP contribution in [0.5, 0.6) is 0 Å². The van der Waals surface area contributed by atoms with E-state index in [9.17, 15) is 32.7 Å². The molecule has 0 aliphatic carbocycles. The van der Waals surface area contributed by atoms with Gasteiger partial charge in [-0.2, -0.15) is 13.2 Å². The zero-order chi connectivity index (χ0) is 20.8. The normalized spacial score (nSPS) is 11.8. The van der Waals surface area contributed by atoms with Crippen molar-refractivity contribution in [3.63, 3.8) is 0 Å². The summed E-state index contributed by atoms with van der Waals surface area (Å²) in [7, 11) is 1.03. The van der Waals surface area contributed by atoms with E-state index >= 15 is 0 Å². The maximum atomic E-state index is 12.4. The van der Waals surface area contributed by atoms with Crippen molar-refractivity contribution < 1.29 is 32.7 Å². The van der Waals surface area contributed by atoms with Crippen molar-refractivity contribution in [2.24, 2.45) is 5.41 Å². The molecule has 27 heavy (non-hydrogen) atoms. The van der Waals surface area contributed by atoms with Gasteiger partial charge < -0.3 is 15.3 Å². The molecule has 0 aliphatic rings. The second kappa shape index (κ2) is 8.88. The molecule has 0 fully saturated rings. The topological polar surface area (TPSA) is 86.7 Å². The first-order valence-corrected chi connectivity index (χ1v) is 8.39. The zero-order valence-corrected chi connectivity index (χ0v) is 15.4. The fourth-order valence-electron chi connectivity index (χ4n) is 2.70. The molecule has 0 aliphatic heterocycles. The average molecular weight is 388 g/mol. The van der Waals surface area contributed by atoms with Crippen molar-refractivity contribution >= 4 is 23.5 Å². The molecule has 150 valence electrons.